The number of hydrogen-bond donors (Lipinski definition) is 1. The van der Waals surface area contributed by atoms with Gasteiger partial charge in [-0.2, -0.15) is 5.26 Å². The van der Waals surface area contributed by atoms with Crippen LogP contribution in [0.2, 0.25) is 0 Å². The van der Waals surface area contributed by atoms with Gasteiger partial charge in [-0.05, 0) is 44.5 Å². The largest absolute Gasteiger partial charge is 0.314 e. The molecule has 0 radical (unpaired) electrons. The maximum Gasteiger partial charge on any atom is 0.145 e. The highest BCUT2D eigenvalue weighted by atomic mass is 19.1. The van der Waals surface area contributed by atoms with Crippen molar-refractivity contribution in [3.05, 3.63) is 35.1 Å². The molecule has 0 bridgehead atoms. The number of likely N-dealkylation sites (tertiary alicyclic amines) is 1. The van der Waals surface area contributed by atoms with Crippen molar-refractivity contribution in [3.63, 3.8) is 0 Å². The maximum absolute atomic E-state index is 14.1. The van der Waals surface area contributed by atoms with Gasteiger partial charge in [0.25, 0.3) is 0 Å². The van der Waals surface area contributed by atoms with Crippen LogP contribution in [0.4, 0.5) is 4.39 Å². The standard InChI is InChI=1S/C17H24FN3/c1-13(2)20-11-14-6-8-21(9-7-14)12-16-5-3-4-15(10-19)17(16)18/h3-5,13-14,20H,6-9,11-12H2,1-2H3. The summed E-state index contributed by atoms with van der Waals surface area (Å²) in [4.78, 5) is 2.28. The first-order chi connectivity index (χ1) is 10.1. The highest BCUT2D eigenvalue weighted by molar-refractivity contribution is 5.34. The van der Waals surface area contributed by atoms with Crippen LogP contribution in [-0.4, -0.2) is 30.6 Å². The topological polar surface area (TPSA) is 39.1 Å². The SMILES string of the molecule is CC(C)NCC1CCN(Cc2cccc(C#N)c2F)CC1. The second-order valence-corrected chi connectivity index (χ2v) is 6.17. The predicted octanol–water partition coefficient (Wildman–Crippen LogP) is 2.91. The van der Waals surface area contributed by atoms with Crippen LogP contribution in [0, 0.1) is 23.1 Å². The predicted molar refractivity (Wildman–Crippen MR) is 82.3 cm³/mol. The summed E-state index contributed by atoms with van der Waals surface area (Å²) in [6.07, 6.45) is 2.30. The molecule has 0 amide bonds. The van der Waals surface area contributed by atoms with Gasteiger partial charge in [-0.15, -0.1) is 0 Å². The summed E-state index contributed by atoms with van der Waals surface area (Å²) < 4.78 is 14.1. The molecule has 0 aliphatic carbocycles. The lowest BCUT2D eigenvalue weighted by molar-refractivity contribution is 0.172. The maximum atomic E-state index is 14.1. The van der Waals surface area contributed by atoms with Crippen molar-refractivity contribution in [2.24, 2.45) is 5.92 Å². The van der Waals surface area contributed by atoms with E-state index in [2.05, 4.69) is 24.1 Å². The van der Waals surface area contributed by atoms with E-state index in [4.69, 9.17) is 5.26 Å². The zero-order chi connectivity index (χ0) is 15.2. The minimum absolute atomic E-state index is 0.142. The van der Waals surface area contributed by atoms with E-state index in [-0.39, 0.29) is 11.4 Å². The van der Waals surface area contributed by atoms with E-state index in [9.17, 15) is 4.39 Å². The smallest absolute Gasteiger partial charge is 0.145 e. The molecule has 4 heteroatoms. The van der Waals surface area contributed by atoms with Gasteiger partial charge in [0.2, 0.25) is 0 Å². The molecule has 2 rings (SSSR count). The number of rotatable bonds is 5. The summed E-state index contributed by atoms with van der Waals surface area (Å²) in [7, 11) is 0. The molecule has 1 aliphatic heterocycles. The normalized spacial score (nSPS) is 17.1. The van der Waals surface area contributed by atoms with Crippen molar-refractivity contribution in [1.29, 1.82) is 5.26 Å². The summed E-state index contributed by atoms with van der Waals surface area (Å²) in [5.74, 6) is 0.363. The molecular weight excluding hydrogens is 265 g/mol. The molecule has 0 aromatic heterocycles. The fourth-order valence-electron chi connectivity index (χ4n) is 2.78. The Morgan fingerprint density at radius 3 is 2.71 bits per heavy atom. The minimum atomic E-state index is -0.358. The first-order valence-corrected chi connectivity index (χ1v) is 7.73. The number of nitrogens with one attached hydrogen (secondary N) is 1. The lowest BCUT2D eigenvalue weighted by Crippen LogP contribution is -2.38. The van der Waals surface area contributed by atoms with E-state index in [1.54, 1.807) is 12.1 Å². The van der Waals surface area contributed by atoms with E-state index < -0.39 is 0 Å². The summed E-state index contributed by atoms with van der Waals surface area (Å²) in [5.41, 5.74) is 0.774. The van der Waals surface area contributed by atoms with Crippen LogP contribution in [0.25, 0.3) is 0 Å². The van der Waals surface area contributed by atoms with Crippen LogP contribution in [0.3, 0.4) is 0 Å². The molecule has 1 heterocycles. The average molecular weight is 289 g/mol. The number of benzene rings is 1. The molecule has 3 nitrogen and oxygen atoms in total. The Kier molecular flexibility index (Phi) is 5.72. The van der Waals surface area contributed by atoms with Gasteiger partial charge in [0.15, 0.2) is 0 Å². The molecule has 1 aliphatic rings. The molecule has 1 saturated heterocycles. The number of halogens is 1. The molecule has 1 fully saturated rings. The summed E-state index contributed by atoms with van der Waals surface area (Å²) in [6, 6.07) is 7.51. The van der Waals surface area contributed by atoms with Gasteiger partial charge >= 0.3 is 0 Å². The first kappa shape index (κ1) is 15.9. The summed E-state index contributed by atoms with van der Waals surface area (Å²) in [6.45, 7) is 8.01. The van der Waals surface area contributed by atoms with Gasteiger partial charge in [0, 0.05) is 18.2 Å². The van der Waals surface area contributed by atoms with Crippen molar-refractivity contribution in [2.75, 3.05) is 19.6 Å². The second-order valence-electron chi connectivity index (χ2n) is 6.17. The third-order valence-corrected chi connectivity index (χ3v) is 4.12. The number of nitriles is 1. The average Bonchev–Trinajstić information content (AvgIpc) is 2.48. The van der Waals surface area contributed by atoms with E-state index in [1.807, 2.05) is 6.07 Å². The zero-order valence-corrected chi connectivity index (χ0v) is 12.9. The van der Waals surface area contributed by atoms with E-state index in [0.717, 1.165) is 38.4 Å². The molecule has 0 spiro atoms. The highest BCUT2D eigenvalue weighted by Gasteiger charge is 2.20. The van der Waals surface area contributed by atoms with Crippen molar-refractivity contribution in [1.82, 2.24) is 10.2 Å². The lowest BCUT2D eigenvalue weighted by atomic mass is 9.96. The lowest BCUT2D eigenvalue weighted by Gasteiger charge is -2.32. The fourth-order valence-corrected chi connectivity index (χ4v) is 2.78. The summed E-state index contributed by atoms with van der Waals surface area (Å²) in [5, 5.41) is 12.4. The summed E-state index contributed by atoms with van der Waals surface area (Å²) >= 11 is 0. The molecule has 1 aromatic rings. The zero-order valence-electron chi connectivity index (χ0n) is 12.9. The first-order valence-electron chi connectivity index (χ1n) is 7.73. The molecule has 0 unspecified atom stereocenters. The minimum Gasteiger partial charge on any atom is -0.314 e. The van der Waals surface area contributed by atoms with Crippen LogP contribution < -0.4 is 5.32 Å². The Balaban J connectivity index is 1.85. The highest BCUT2D eigenvalue weighted by Crippen LogP contribution is 2.20. The van der Waals surface area contributed by atoms with Gasteiger partial charge in [0.1, 0.15) is 11.9 Å². The quantitative estimate of drug-likeness (QED) is 0.906. The molecule has 21 heavy (non-hydrogen) atoms. The molecule has 1 N–H and O–H groups in total. The molecular formula is C17H24FN3. The fraction of sp³-hybridized carbons (Fsp3) is 0.588. The van der Waals surface area contributed by atoms with Crippen LogP contribution >= 0.6 is 0 Å². The Bertz CT molecular complexity index is 499. The molecule has 1 aromatic carbocycles. The van der Waals surface area contributed by atoms with Crippen LogP contribution in [-0.2, 0) is 6.54 Å². The second kappa shape index (κ2) is 7.53. The van der Waals surface area contributed by atoms with E-state index in [0.29, 0.717) is 18.2 Å². The molecule has 114 valence electrons. The van der Waals surface area contributed by atoms with Crippen molar-refractivity contribution in [3.8, 4) is 6.07 Å². The van der Waals surface area contributed by atoms with Gasteiger partial charge < -0.3 is 5.32 Å². The van der Waals surface area contributed by atoms with E-state index in [1.165, 1.54) is 6.07 Å². The third kappa shape index (κ3) is 4.52. The van der Waals surface area contributed by atoms with Crippen LogP contribution in [0.1, 0.15) is 37.8 Å². The van der Waals surface area contributed by atoms with Crippen molar-refractivity contribution >= 4 is 0 Å². The van der Waals surface area contributed by atoms with E-state index >= 15 is 0 Å². The number of piperidine rings is 1. The molecule has 0 atom stereocenters. The third-order valence-electron chi connectivity index (χ3n) is 4.12. The monoisotopic (exact) mass is 289 g/mol. The van der Waals surface area contributed by atoms with Gasteiger partial charge in [-0.25, -0.2) is 4.39 Å². The Labute approximate surface area is 126 Å². The van der Waals surface area contributed by atoms with Crippen LogP contribution in [0.5, 0.6) is 0 Å². The Morgan fingerprint density at radius 2 is 2.10 bits per heavy atom. The van der Waals surface area contributed by atoms with Crippen LogP contribution in [0.15, 0.2) is 18.2 Å². The Hall–Kier alpha value is -1.44. The number of hydrogen-bond acceptors (Lipinski definition) is 3. The van der Waals surface area contributed by atoms with Gasteiger partial charge in [-0.1, -0.05) is 26.0 Å². The van der Waals surface area contributed by atoms with Gasteiger partial charge in [0.05, 0.1) is 5.56 Å². The van der Waals surface area contributed by atoms with Gasteiger partial charge in [-0.3, -0.25) is 4.90 Å². The number of nitrogens with zero attached hydrogens (tertiary/aromatic N) is 2. The van der Waals surface area contributed by atoms with Crippen molar-refractivity contribution in [2.45, 2.75) is 39.3 Å². The molecule has 0 saturated carbocycles. The Morgan fingerprint density at radius 1 is 1.38 bits per heavy atom. The van der Waals surface area contributed by atoms with Crippen molar-refractivity contribution < 1.29 is 4.39 Å².